The highest BCUT2D eigenvalue weighted by Gasteiger charge is 2.17. The molecule has 0 aromatic carbocycles. The maximum absolute atomic E-state index is 11.9. The van der Waals surface area contributed by atoms with Gasteiger partial charge in [0.15, 0.2) is 0 Å². The molecule has 0 aliphatic rings. The third kappa shape index (κ3) is 3.64. The van der Waals surface area contributed by atoms with E-state index in [1.54, 1.807) is 5.69 Å². The van der Waals surface area contributed by atoms with Crippen molar-refractivity contribution in [2.45, 2.75) is 13.1 Å². The van der Waals surface area contributed by atoms with E-state index in [0.717, 1.165) is 0 Å². The van der Waals surface area contributed by atoms with Crippen molar-refractivity contribution in [1.29, 1.82) is 5.26 Å². The number of hydrogen-bond acceptors (Lipinski definition) is 1. The van der Waals surface area contributed by atoms with Crippen molar-refractivity contribution < 1.29 is 4.11 Å². The van der Waals surface area contributed by atoms with Gasteiger partial charge in [-0.05, 0) is 13.1 Å². The molecule has 0 fully saturated rings. The molecule has 0 rings (SSSR count). The summed E-state index contributed by atoms with van der Waals surface area (Å²) < 4.78 is 11.9. The normalized spacial score (nSPS) is 10.3. The molecule has 1 nitrogen and oxygen atoms in total. The summed E-state index contributed by atoms with van der Waals surface area (Å²) in [5, 5.41) is 7.84. The minimum absolute atomic E-state index is 1.35. The van der Waals surface area contributed by atoms with Gasteiger partial charge >= 0.3 is 8.41 Å². The molecule has 0 atom stereocenters. The van der Waals surface area contributed by atoms with Crippen LogP contribution < -0.4 is 0 Å². The van der Waals surface area contributed by atoms with Gasteiger partial charge in [-0.3, -0.25) is 4.11 Å². The first-order chi connectivity index (χ1) is 2.56. The standard InChI is InChI=1S/C3H6FNSi/c1-6(2,4)3-5/h1-2H3. The molecule has 0 N–H and O–H groups in total. The van der Waals surface area contributed by atoms with Crippen LogP contribution in [0.3, 0.4) is 0 Å². The molecule has 0 aromatic rings. The van der Waals surface area contributed by atoms with Crippen LogP contribution in [-0.2, 0) is 0 Å². The Kier molecular flexibility index (Phi) is 1.31. The number of nitrogens with zero attached hydrogens (tertiary/aromatic N) is 1. The highest BCUT2D eigenvalue weighted by molar-refractivity contribution is 6.78. The second-order valence-corrected chi connectivity index (χ2v) is 4.75. The summed E-state index contributed by atoms with van der Waals surface area (Å²) in [6.45, 7) is 2.71. The van der Waals surface area contributed by atoms with Crippen molar-refractivity contribution in [3.8, 4) is 5.69 Å². The molecule has 0 unspecified atom stereocenters. The molecular formula is C3H6FNSi. The Morgan fingerprint density at radius 1 is 1.67 bits per heavy atom. The monoisotopic (exact) mass is 103 g/mol. The first-order valence-corrected chi connectivity index (χ1v) is 4.54. The van der Waals surface area contributed by atoms with E-state index in [4.69, 9.17) is 5.26 Å². The smallest absolute Gasteiger partial charge is 0.295 e. The molecule has 0 aliphatic heterocycles. The second-order valence-electron chi connectivity index (χ2n) is 1.58. The fourth-order valence-corrected chi connectivity index (χ4v) is 0. The van der Waals surface area contributed by atoms with E-state index in [2.05, 4.69) is 0 Å². The van der Waals surface area contributed by atoms with Crippen LogP contribution >= 0.6 is 0 Å². The van der Waals surface area contributed by atoms with E-state index < -0.39 is 8.41 Å². The molecule has 0 saturated heterocycles. The van der Waals surface area contributed by atoms with Crippen LogP contribution in [0.1, 0.15) is 0 Å². The Labute approximate surface area is 37.6 Å². The maximum atomic E-state index is 11.9. The fraction of sp³-hybridized carbons (Fsp3) is 0.667. The van der Waals surface area contributed by atoms with Gasteiger partial charge in [0, 0.05) is 0 Å². The van der Waals surface area contributed by atoms with Crippen molar-refractivity contribution in [3.05, 3.63) is 0 Å². The van der Waals surface area contributed by atoms with Gasteiger partial charge in [-0.2, -0.15) is 0 Å². The van der Waals surface area contributed by atoms with E-state index in [1.165, 1.54) is 13.1 Å². The van der Waals surface area contributed by atoms with Crippen LogP contribution in [-0.4, -0.2) is 8.41 Å². The van der Waals surface area contributed by atoms with Gasteiger partial charge in [-0.25, -0.2) is 5.26 Å². The van der Waals surface area contributed by atoms with Crippen LogP contribution in [0.5, 0.6) is 0 Å². The first-order valence-electron chi connectivity index (χ1n) is 1.66. The zero-order valence-corrected chi connectivity index (χ0v) is 4.83. The van der Waals surface area contributed by atoms with E-state index in [1.807, 2.05) is 0 Å². The molecule has 34 valence electrons. The van der Waals surface area contributed by atoms with Crippen molar-refractivity contribution in [3.63, 3.8) is 0 Å². The predicted molar refractivity (Wildman–Crippen MR) is 24.2 cm³/mol. The Hall–Kier alpha value is -0.363. The Bertz CT molecular complexity index is 77.8. The topological polar surface area (TPSA) is 23.8 Å². The number of rotatable bonds is 0. The van der Waals surface area contributed by atoms with Crippen LogP contribution in [0.4, 0.5) is 4.11 Å². The Morgan fingerprint density at radius 3 is 1.83 bits per heavy atom. The molecule has 6 heavy (non-hydrogen) atoms. The molecule has 0 aliphatic carbocycles. The van der Waals surface area contributed by atoms with Crippen LogP contribution in [0, 0.1) is 11.0 Å². The molecule has 0 heterocycles. The largest absolute Gasteiger partial charge is 0.349 e. The highest BCUT2D eigenvalue weighted by Crippen LogP contribution is 1.97. The summed E-state index contributed by atoms with van der Waals surface area (Å²) in [5.74, 6) is 0. The third-order valence-electron chi connectivity index (χ3n) is 0.266. The first kappa shape index (κ1) is 5.64. The van der Waals surface area contributed by atoms with Gasteiger partial charge in [0.1, 0.15) is 0 Å². The summed E-state index contributed by atoms with van der Waals surface area (Å²) >= 11 is 0. The summed E-state index contributed by atoms with van der Waals surface area (Å²) in [6, 6.07) is 0. The van der Waals surface area contributed by atoms with Gasteiger partial charge in [0.05, 0.1) is 5.69 Å². The lowest BCUT2D eigenvalue weighted by Gasteiger charge is -1.90. The molecule has 0 aromatic heterocycles. The van der Waals surface area contributed by atoms with E-state index in [-0.39, 0.29) is 0 Å². The number of halogens is 1. The van der Waals surface area contributed by atoms with E-state index >= 15 is 0 Å². The highest BCUT2D eigenvalue weighted by atomic mass is 28.4. The molecule has 0 radical (unpaired) electrons. The summed E-state index contributed by atoms with van der Waals surface area (Å²) in [4.78, 5) is 0. The lowest BCUT2D eigenvalue weighted by atomic mass is 11.7. The fourth-order valence-electron chi connectivity index (χ4n) is 0. The van der Waals surface area contributed by atoms with Crippen LogP contribution in [0.2, 0.25) is 13.1 Å². The van der Waals surface area contributed by atoms with E-state index in [0.29, 0.717) is 0 Å². The van der Waals surface area contributed by atoms with Crippen molar-refractivity contribution in [2.24, 2.45) is 0 Å². The zero-order valence-electron chi connectivity index (χ0n) is 3.83. The molecule has 0 amide bonds. The molecule has 0 spiro atoms. The van der Waals surface area contributed by atoms with Crippen LogP contribution in [0.25, 0.3) is 0 Å². The number of hydrogen-bond donors (Lipinski definition) is 0. The Morgan fingerprint density at radius 2 is 1.83 bits per heavy atom. The van der Waals surface area contributed by atoms with Crippen LogP contribution in [0.15, 0.2) is 0 Å². The van der Waals surface area contributed by atoms with Crippen molar-refractivity contribution >= 4 is 8.41 Å². The SMILES string of the molecule is C[Si](C)(F)C#N. The Balaban J connectivity index is 3.55. The molecule has 3 heteroatoms. The predicted octanol–water partition coefficient (Wildman–Crippen LogP) is 1.22. The minimum Gasteiger partial charge on any atom is -0.295 e. The maximum Gasteiger partial charge on any atom is 0.349 e. The average molecular weight is 103 g/mol. The van der Waals surface area contributed by atoms with Gasteiger partial charge in [-0.1, -0.05) is 0 Å². The van der Waals surface area contributed by atoms with E-state index in [9.17, 15) is 4.11 Å². The van der Waals surface area contributed by atoms with Gasteiger partial charge in [-0.15, -0.1) is 0 Å². The minimum atomic E-state index is -2.83. The summed E-state index contributed by atoms with van der Waals surface area (Å²) in [6.07, 6.45) is 0. The van der Waals surface area contributed by atoms with Crippen molar-refractivity contribution in [2.75, 3.05) is 0 Å². The zero-order chi connectivity index (χ0) is 5.21. The van der Waals surface area contributed by atoms with Gasteiger partial charge < -0.3 is 0 Å². The molecule has 0 bridgehead atoms. The summed E-state index contributed by atoms with van der Waals surface area (Å²) in [5.41, 5.74) is 1.58. The van der Waals surface area contributed by atoms with Crippen molar-refractivity contribution in [1.82, 2.24) is 0 Å². The molecular weight excluding hydrogens is 97.1 g/mol. The quantitative estimate of drug-likeness (QED) is 0.334. The number of nitriles is 1. The lowest BCUT2D eigenvalue weighted by molar-refractivity contribution is 0.822. The van der Waals surface area contributed by atoms with Gasteiger partial charge in [0.25, 0.3) is 0 Å². The average Bonchev–Trinajstić information content (AvgIpc) is 1.35. The third-order valence-corrected chi connectivity index (χ3v) is 0.798. The molecule has 0 saturated carbocycles. The summed E-state index contributed by atoms with van der Waals surface area (Å²) in [7, 11) is -2.83. The lowest BCUT2D eigenvalue weighted by Crippen LogP contribution is -2.13. The second kappa shape index (κ2) is 1.39. The van der Waals surface area contributed by atoms with Gasteiger partial charge in [0.2, 0.25) is 0 Å².